The largest absolute Gasteiger partial charge is 0.324 e. The van der Waals surface area contributed by atoms with Crippen molar-refractivity contribution in [3.63, 3.8) is 0 Å². The van der Waals surface area contributed by atoms with Gasteiger partial charge in [0.2, 0.25) is 5.91 Å². The molecule has 23 heavy (non-hydrogen) atoms. The number of anilines is 1. The van der Waals surface area contributed by atoms with Gasteiger partial charge in [0, 0.05) is 15.6 Å². The normalized spacial score (nSPS) is 10.9. The van der Waals surface area contributed by atoms with E-state index < -0.39 is 0 Å². The van der Waals surface area contributed by atoms with Gasteiger partial charge in [-0.15, -0.1) is 16.4 Å². The van der Waals surface area contributed by atoms with E-state index in [9.17, 15) is 9.59 Å². The third-order valence-corrected chi connectivity index (χ3v) is 4.82. The van der Waals surface area contributed by atoms with Crippen LogP contribution in [-0.2, 0) is 11.3 Å². The maximum atomic E-state index is 12.5. The molecule has 3 aromatic rings. The summed E-state index contributed by atoms with van der Waals surface area (Å²) in [5.41, 5.74) is 1.18. The van der Waals surface area contributed by atoms with Crippen molar-refractivity contribution in [1.82, 2.24) is 15.0 Å². The molecule has 0 aliphatic carbocycles. The summed E-state index contributed by atoms with van der Waals surface area (Å²) in [6, 6.07) is 6.72. The molecular formula is C15H13ClN4O2S. The summed E-state index contributed by atoms with van der Waals surface area (Å²) in [6.07, 6.45) is 0. The van der Waals surface area contributed by atoms with E-state index in [1.807, 2.05) is 13.8 Å². The van der Waals surface area contributed by atoms with Crippen LogP contribution in [0.3, 0.4) is 0 Å². The van der Waals surface area contributed by atoms with Gasteiger partial charge in [-0.2, -0.15) is 0 Å². The van der Waals surface area contributed by atoms with Crippen LogP contribution >= 0.6 is 22.9 Å². The number of hydrogen-bond acceptors (Lipinski definition) is 5. The maximum absolute atomic E-state index is 12.5. The van der Waals surface area contributed by atoms with Gasteiger partial charge >= 0.3 is 0 Å². The van der Waals surface area contributed by atoms with Crippen molar-refractivity contribution in [2.45, 2.75) is 20.4 Å². The Morgan fingerprint density at radius 3 is 2.70 bits per heavy atom. The number of aromatic nitrogens is 3. The fraction of sp³-hybridized carbons (Fsp3) is 0.200. The number of nitrogens with one attached hydrogen (secondary N) is 1. The molecule has 1 N–H and O–H groups in total. The molecule has 0 aliphatic heterocycles. The first-order chi connectivity index (χ1) is 11.0. The molecule has 0 bridgehead atoms. The first kappa shape index (κ1) is 15.6. The molecule has 0 fully saturated rings. The van der Waals surface area contributed by atoms with Crippen molar-refractivity contribution in [3.05, 3.63) is 50.1 Å². The molecule has 2 heterocycles. The van der Waals surface area contributed by atoms with Gasteiger partial charge < -0.3 is 5.32 Å². The van der Waals surface area contributed by atoms with E-state index >= 15 is 0 Å². The van der Waals surface area contributed by atoms with Gasteiger partial charge in [-0.25, -0.2) is 4.68 Å². The van der Waals surface area contributed by atoms with Gasteiger partial charge in [-0.1, -0.05) is 16.8 Å². The quantitative estimate of drug-likeness (QED) is 0.789. The van der Waals surface area contributed by atoms with E-state index in [2.05, 4.69) is 15.6 Å². The SMILES string of the molecule is Cc1sc2nnn(CC(=O)Nc3ccc(Cl)cc3)c(=O)c2c1C. The second-order valence-electron chi connectivity index (χ2n) is 5.07. The number of aryl methyl sites for hydroxylation is 2. The summed E-state index contributed by atoms with van der Waals surface area (Å²) in [5.74, 6) is -0.354. The first-order valence-electron chi connectivity index (χ1n) is 6.84. The lowest BCUT2D eigenvalue weighted by Gasteiger charge is -2.06. The van der Waals surface area contributed by atoms with Gasteiger partial charge in [0.25, 0.3) is 5.56 Å². The molecule has 0 atom stereocenters. The van der Waals surface area contributed by atoms with Crippen molar-refractivity contribution >= 4 is 44.7 Å². The highest BCUT2D eigenvalue weighted by molar-refractivity contribution is 7.18. The van der Waals surface area contributed by atoms with Crippen molar-refractivity contribution in [3.8, 4) is 0 Å². The van der Waals surface area contributed by atoms with Gasteiger partial charge in [-0.3, -0.25) is 9.59 Å². The van der Waals surface area contributed by atoms with E-state index in [1.54, 1.807) is 24.3 Å². The Balaban J connectivity index is 1.85. The monoisotopic (exact) mass is 348 g/mol. The van der Waals surface area contributed by atoms with E-state index in [-0.39, 0.29) is 18.0 Å². The third-order valence-electron chi connectivity index (χ3n) is 3.48. The molecule has 0 saturated carbocycles. The molecule has 6 nitrogen and oxygen atoms in total. The molecule has 0 spiro atoms. The Labute approximate surface area is 140 Å². The molecule has 8 heteroatoms. The molecule has 1 amide bonds. The predicted molar refractivity (Wildman–Crippen MR) is 91.2 cm³/mol. The van der Waals surface area contributed by atoms with Crippen molar-refractivity contribution < 1.29 is 4.79 Å². The summed E-state index contributed by atoms with van der Waals surface area (Å²) in [6.45, 7) is 3.60. The average molecular weight is 349 g/mol. The summed E-state index contributed by atoms with van der Waals surface area (Å²) in [5, 5.41) is 11.7. The van der Waals surface area contributed by atoms with Gasteiger partial charge in [0.15, 0.2) is 4.83 Å². The van der Waals surface area contributed by atoms with Gasteiger partial charge in [0.05, 0.1) is 5.39 Å². The topological polar surface area (TPSA) is 76.9 Å². The zero-order chi connectivity index (χ0) is 16.6. The number of carbonyl (C=O) groups excluding carboxylic acids is 1. The number of rotatable bonds is 3. The summed E-state index contributed by atoms with van der Waals surface area (Å²) in [7, 11) is 0. The molecule has 2 aromatic heterocycles. The molecule has 3 rings (SSSR count). The Hall–Kier alpha value is -2.25. The lowest BCUT2D eigenvalue weighted by atomic mass is 10.2. The number of fused-ring (bicyclic) bond motifs is 1. The van der Waals surface area contributed by atoms with Crippen LogP contribution in [0.4, 0.5) is 5.69 Å². The molecule has 1 aromatic carbocycles. The maximum Gasteiger partial charge on any atom is 0.279 e. The molecule has 0 unspecified atom stereocenters. The molecule has 0 saturated heterocycles. The average Bonchev–Trinajstić information content (AvgIpc) is 2.80. The molecule has 118 valence electrons. The number of halogens is 1. The minimum atomic E-state index is -0.354. The van der Waals surface area contributed by atoms with Crippen LogP contribution in [0, 0.1) is 13.8 Å². The number of hydrogen-bond donors (Lipinski definition) is 1. The number of nitrogens with zero attached hydrogens (tertiary/aromatic N) is 3. The molecule has 0 radical (unpaired) electrons. The minimum Gasteiger partial charge on any atom is -0.324 e. The van der Waals surface area contributed by atoms with E-state index in [0.717, 1.165) is 15.1 Å². The van der Waals surface area contributed by atoms with Gasteiger partial charge in [-0.05, 0) is 43.7 Å². The zero-order valence-corrected chi connectivity index (χ0v) is 14.0. The van der Waals surface area contributed by atoms with Crippen LogP contribution in [0.15, 0.2) is 29.1 Å². The number of thiophene rings is 1. The van der Waals surface area contributed by atoms with E-state index in [0.29, 0.717) is 20.9 Å². The van der Waals surface area contributed by atoms with Crippen LogP contribution in [0.1, 0.15) is 10.4 Å². The number of amides is 1. The predicted octanol–water partition coefficient (Wildman–Crippen LogP) is 2.76. The second-order valence-corrected chi connectivity index (χ2v) is 6.71. The van der Waals surface area contributed by atoms with Crippen LogP contribution in [0.5, 0.6) is 0 Å². The summed E-state index contributed by atoms with van der Waals surface area (Å²) in [4.78, 5) is 26.2. The smallest absolute Gasteiger partial charge is 0.279 e. The van der Waals surface area contributed by atoms with Crippen molar-refractivity contribution in [2.75, 3.05) is 5.32 Å². The fourth-order valence-electron chi connectivity index (χ4n) is 2.17. The zero-order valence-electron chi connectivity index (χ0n) is 12.5. The Bertz CT molecular complexity index is 947. The Morgan fingerprint density at radius 2 is 2.00 bits per heavy atom. The standard InChI is InChI=1S/C15H13ClN4O2S/c1-8-9(2)23-14-13(8)15(22)20(19-18-14)7-12(21)17-11-5-3-10(16)4-6-11/h3-6H,7H2,1-2H3,(H,17,21). The van der Waals surface area contributed by atoms with Crippen LogP contribution < -0.4 is 10.9 Å². The number of benzene rings is 1. The van der Waals surface area contributed by atoms with Crippen molar-refractivity contribution in [2.24, 2.45) is 0 Å². The van der Waals surface area contributed by atoms with E-state index in [1.165, 1.54) is 11.3 Å². The first-order valence-corrected chi connectivity index (χ1v) is 8.04. The van der Waals surface area contributed by atoms with E-state index in [4.69, 9.17) is 11.6 Å². The van der Waals surface area contributed by atoms with Crippen LogP contribution in [0.2, 0.25) is 5.02 Å². The second kappa shape index (κ2) is 6.10. The lowest BCUT2D eigenvalue weighted by molar-refractivity contribution is -0.117. The lowest BCUT2D eigenvalue weighted by Crippen LogP contribution is -2.30. The Kier molecular flexibility index (Phi) is 4.14. The highest BCUT2D eigenvalue weighted by atomic mass is 35.5. The van der Waals surface area contributed by atoms with Gasteiger partial charge in [0.1, 0.15) is 6.54 Å². The molecular weight excluding hydrogens is 336 g/mol. The minimum absolute atomic E-state index is 0.196. The Morgan fingerprint density at radius 1 is 1.30 bits per heavy atom. The van der Waals surface area contributed by atoms with Crippen molar-refractivity contribution in [1.29, 1.82) is 0 Å². The van der Waals surface area contributed by atoms with Crippen LogP contribution in [-0.4, -0.2) is 20.9 Å². The molecule has 0 aliphatic rings. The summed E-state index contributed by atoms with van der Waals surface area (Å²) >= 11 is 7.22. The fourth-order valence-corrected chi connectivity index (χ4v) is 3.26. The third kappa shape index (κ3) is 3.11. The number of carbonyl (C=O) groups is 1. The summed E-state index contributed by atoms with van der Waals surface area (Å²) < 4.78 is 1.08. The highest BCUT2D eigenvalue weighted by Crippen LogP contribution is 2.24. The highest BCUT2D eigenvalue weighted by Gasteiger charge is 2.15. The van der Waals surface area contributed by atoms with Crippen LogP contribution in [0.25, 0.3) is 10.2 Å².